The highest BCUT2D eigenvalue weighted by Crippen LogP contribution is 2.41. The minimum absolute atomic E-state index is 0.0272. The van der Waals surface area contributed by atoms with Crippen LogP contribution in [-0.2, 0) is 32.3 Å². The van der Waals surface area contributed by atoms with E-state index in [0.29, 0.717) is 59.7 Å². The first-order valence-electron chi connectivity index (χ1n) is 19.0. The van der Waals surface area contributed by atoms with Crippen molar-refractivity contribution in [3.63, 3.8) is 0 Å². The highest BCUT2D eigenvalue weighted by Gasteiger charge is 2.46. The number of likely N-dealkylation sites (tertiary alicyclic amines) is 1. The molecule has 1 spiro atoms. The van der Waals surface area contributed by atoms with Gasteiger partial charge >= 0.3 is 12.1 Å². The monoisotopic (exact) mass is 799 g/mol. The number of carbonyl (C=O) groups is 1. The number of carboxylic acids is 1. The van der Waals surface area contributed by atoms with Crippen molar-refractivity contribution in [1.82, 2.24) is 28.8 Å². The first-order valence-corrected chi connectivity index (χ1v) is 20.5. The predicted molar refractivity (Wildman–Crippen MR) is 201 cm³/mol. The van der Waals surface area contributed by atoms with Gasteiger partial charge in [-0.05, 0) is 99.1 Å². The second kappa shape index (κ2) is 15.6. The number of carboxylic acid groups (broad SMARTS) is 1. The molecule has 302 valence electrons. The van der Waals surface area contributed by atoms with Crippen LogP contribution in [0.4, 0.5) is 19.0 Å². The number of anilines is 1. The van der Waals surface area contributed by atoms with Crippen molar-refractivity contribution in [2.45, 2.75) is 101 Å². The Kier molecular flexibility index (Phi) is 11.1. The lowest BCUT2D eigenvalue weighted by Crippen LogP contribution is -2.50. The molecule has 13 nitrogen and oxygen atoms in total. The number of halogens is 3. The zero-order chi connectivity index (χ0) is 40.0. The molecule has 0 bridgehead atoms. The molecule has 1 unspecified atom stereocenters. The number of nitrogens with zero attached hydrogens (tertiary/aromatic N) is 6. The number of hydrogen-bond acceptors (Lipinski definition) is 10. The number of alkyl halides is 3. The summed E-state index contributed by atoms with van der Waals surface area (Å²) < 4.78 is 84.9. The summed E-state index contributed by atoms with van der Waals surface area (Å²) in [4.78, 5) is 19.5. The number of hydrogen-bond donors (Lipinski definition) is 2. The second-order valence-corrected chi connectivity index (χ2v) is 17.4. The third-order valence-electron chi connectivity index (χ3n) is 11.3. The predicted octanol–water partition coefficient (Wildman–Crippen LogP) is 6.09. The summed E-state index contributed by atoms with van der Waals surface area (Å²) in [7, 11) is -4.18. The smallest absolute Gasteiger partial charge is 0.452 e. The Labute approximate surface area is 324 Å². The number of fused-ring (bicyclic) bond motifs is 2. The number of aliphatic carboxylic acids is 1. The summed E-state index contributed by atoms with van der Waals surface area (Å²) in [6.07, 6.45) is 0.590. The molecule has 0 saturated carbocycles. The first kappa shape index (κ1) is 39.9. The van der Waals surface area contributed by atoms with E-state index in [0.717, 1.165) is 29.6 Å². The minimum Gasteiger partial charge on any atom is -0.481 e. The van der Waals surface area contributed by atoms with E-state index in [1.165, 1.54) is 35.8 Å². The fourth-order valence-corrected chi connectivity index (χ4v) is 9.86. The lowest BCUT2D eigenvalue weighted by molar-refractivity contribution is -0.145. The second-order valence-electron chi connectivity index (χ2n) is 15.5. The molecule has 2 N–H and O–H groups in total. The summed E-state index contributed by atoms with van der Waals surface area (Å²) >= 11 is 0. The number of rotatable bonds is 10. The van der Waals surface area contributed by atoms with Gasteiger partial charge in [0.05, 0.1) is 26.2 Å². The van der Waals surface area contributed by atoms with Crippen molar-refractivity contribution in [1.29, 1.82) is 0 Å². The zero-order valence-electron chi connectivity index (χ0n) is 32.0. The van der Waals surface area contributed by atoms with Crippen LogP contribution in [0.1, 0.15) is 90.6 Å². The molecular weight excluding hydrogens is 752 g/mol. The van der Waals surface area contributed by atoms with Gasteiger partial charge < -0.3 is 24.8 Å². The van der Waals surface area contributed by atoms with Gasteiger partial charge in [-0.2, -0.15) is 22.5 Å². The van der Waals surface area contributed by atoms with Crippen LogP contribution in [-0.4, -0.2) is 99.3 Å². The number of ether oxygens (including phenoxy) is 2. The van der Waals surface area contributed by atoms with Crippen LogP contribution in [0, 0.1) is 20.8 Å². The quantitative estimate of drug-likeness (QED) is 0.192. The van der Waals surface area contributed by atoms with E-state index in [1.54, 1.807) is 31.2 Å². The molecule has 56 heavy (non-hydrogen) atoms. The summed E-state index contributed by atoms with van der Waals surface area (Å²) in [6, 6.07) is 8.51. The average molecular weight is 800 g/mol. The van der Waals surface area contributed by atoms with Gasteiger partial charge in [-0.3, -0.25) is 9.20 Å². The van der Waals surface area contributed by atoms with Crippen molar-refractivity contribution in [2.24, 2.45) is 0 Å². The number of sulfonamides is 1. The third kappa shape index (κ3) is 8.08. The van der Waals surface area contributed by atoms with Gasteiger partial charge in [-0.1, -0.05) is 24.6 Å². The normalized spacial score (nSPS) is 19.9. The largest absolute Gasteiger partial charge is 0.481 e. The van der Waals surface area contributed by atoms with E-state index >= 15 is 0 Å². The van der Waals surface area contributed by atoms with Crippen LogP contribution < -0.4 is 10.1 Å². The Hall–Kier alpha value is -4.32. The van der Waals surface area contributed by atoms with Crippen molar-refractivity contribution in [3.8, 4) is 5.88 Å². The fraction of sp³-hybridized carbons (Fsp3) is 0.538. The number of piperidine rings is 1. The molecule has 17 heteroatoms. The lowest BCUT2D eigenvalue weighted by Gasteiger charge is -2.38. The minimum atomic E-state index is -4.73. The van der Waals surface area contributed by atoms with Gasteiger partial charge in [0.25, 0.3) is 0 Å². The number of pyridine rings is 2. The van der Waals surface area contributed by atoms with Gasteiger partial charge in [-0.15, -0.1) is 10.2 Å². The van der Waals surface area contributed by atoms with Crippen LogP contribution >= 0.6 is 0 Å². The summed E-state index contributed by atoms with van der Waals surface area (Å²) in [5, 5.41) is 20.6. The molecule has 1 aromatic carbocycles. The molecule has 2 fully saturated rings. The van der Waals surface area contributed by atoms with Gasteiger partial charge in [0.2, 0.25) is 21.7 Å². The van der Waals surface area contributed by atoms with Gasteiger partial charge in [-0.25, -0.2) is 8.42 Å². The number of benzene rings is 1. The zero-order valence-corrected chi connectivity index (χ0v) is 32.8. The van der Waals surface area contributed by atoms with Crippen LogP contribution in [0.5, 0.6) is 5.88 Å². The highest BCUT2D eigenvalue weighted by molar-refractivity contribution is 7.89. The van der Waals surface area contributed by atoms with E-state index in [1.807, 2.05) is 13.8 Å². The molecule has 2 saturated heterocycles. The third-order valence-corrected chi connectivity index (χ3v) is 13.1. The molecular formula is C39H48F3N7O6S. The van der Waals surface area contributed by atoms with E-state index < -0.39 is 39.5 Å². The van der Waals surface area contributed by atoms with Crippen LogP contribution in [0.25, 0.3) is 5.65 Å². The fourth-order valence-electron chi connectivity index (χ4n) is 8.23. The highest BCUT2D eigenvalue weighted by atomic mass is 32.2. The Morgan fingerprint density at radius 1 is 1.04 bits per heavy atom. The standard InChI is InChI=1S/C39H48F3N7O6S/c1-24-8-9-28(31(20-33(50)51)30-10-15-49-35(27(30)4)45-46-37(49)39(40,41)42)19-29(24)22-48-23-38(11-16-54-17-12-38)55-36-32(56(48,52)53)18-25(2)34(44-36)43-26(3)21-47-13-6-5-7-14-47/h8-10,15,18-19,26,31H,5-7,11-14,16-17,20-23H2,1-4H3,(H,43,44)(H,50,51)/t26-,31?/m1/s1. The average Bonchev–Trinajstić information content (AvgIpc) is 3.57. The molecule has 3 aliphatic heterocycles. The molecule has 2 atom stereocenters. The van der Waals surface area contributed by atoms with E-state index in [-0.39, 0.29) is 42.0 Å². The molecule has 0 radical (unpaired) electrons. The summed E-state index contributed by atoms with van der Waals surface area (Å²) in [5.41, 5.74) is 2.53. The SMILES string of the molecule is Cc1ccc(C(CC(=O)O)c2ccn3c(C(F)(F)F)nnc3c2C)cc1CN1CC2(CCOCC2)Oc2nc(N[C@H](C)CN3CCCCC3)c(C)cc2S1(=O)=O. The molecule has 3 aromatic heterocycles. The number of nitrogens with one attached hydrogen (secondary N) is 1. The molecule has 7 rings (SSSR count). The van der Waals surface area contributed by atoms with Gasteiger partial charge in [0, 0.05) is 44.1 Å². The summed E-state index contributed by atoms with van der Waals surface area (Å²) in [5.74, 6) is -2.46. The van der Waals surface area contributed by atoms with Gasteiger partial charge in [0.1, 0.15) is 16.3 Å². The van der Waals surface area contributed by atoms with Crippen molar-refractivity contribution in [2.75, 3.05) is 44.7 Å². The molecule has 4 aromatic rings. The Balaban J connectivity index is 1.23. The topological polar surface area (TPSA) is 151 Å². The van der Waals surface area contributed by atoms with Gasteiger partial charge in [0.15, 0.2) is 5.65 Å². The maximum absolute atomic E-state index is 14.7. The molecule has 6 heterocycles. The maximum atomic E-state index is 14.7. The number of aryl methyl sites for hydroxylation is 3. The van der Waals surface area contributed by atoms with Crippen molar-refractivity contribution < 1.29 is 41.0 Å². The Morgan fingerprint density at radius 2 is 1.77 bits per heavy atom. The van der Waals surface area contributed by atoms with Crippen LogP contribution in [0.2, 0.25) is 0 Å². The molecule has 3 aliphatic rings. The number of aromatic nitrogens is 4. The van der Waals surface area contributed by atoms with Crippen molar-refractivity contribution in [3.05, 3.63) is 75.7 Å². The maximum Gasteiger partial charge on any atom is 0.452 e. The van der Waals surface area contributed by atoms with E-state index in [4.69, 9.17) is 14.5 Å². The van der Waals surface area contributed by atoms with Crippen LogP contribution in [0.3, 0.4) is 0 Å². The Bertz CT molecular complexity index is 2220. The van der Waals surface area contributed by atoms with Crippen LogP contribution in [0.15, 0.2) is 41.4 Å². The van der Waals surface area contributed by atoms with Crippen molar-refractivity contribution >= 4 is 27.5 Å². The lowest BCUT2D eigenvalue weighted by atomic mass is 9.85. The van der Waals surface area contributed by atoms with E-state index in [2.05, 4.69) is 27.3 Å². The first-order chi connectivity index (χ1) is 26.5. The Morgan fingerprint density at radius 3 is 2.46 bits per heavy atom. The molecule has 0 amide bonds. The molecule has 0 aliphatic carbocycles. The summed E-state index contributed by atoms with van der Waals surface area (Å²) in [6.45, 7) is 11.1. The van der Waals surface area contributed by atoms with E-state index in [9.17, 15) is 31.5 Å².